The van der Waals surface area contributed by atoms with Crippen LogP contribution in [-0.4, -0.2) is 74.0 Å². The van der Waals surface area contributed by atoms with E-state index in [9.17, 15) is 28.8 Å². The zero-order chi connectivity index (χ0) is 25.9. The summed E-state index contributed by atoms with van der Waals surface area (Å²) in [5.74, 6) is -6.55. The third-order valence-corrected chi connectivity index (χ3v) is 4.45. The fourth-order valence-electron chi connectivity index (χ4n) is 2.51. The van der Waals surface area contributed by atoms with E-state index in [2.05, 4.69) is 20.1 Å². The normalized spacial score (nSPS) is 12.2. The van der Waals surface area contributed by atoms with E-state index in [0.29, 0.717) is 38.8 Å². The second-order valence-corrected chi connectivity index (χ2v) is 7.39. The van der Waals surface area contributed by atoms with E-state index >= 15 is 0 Å². The quantitative estimate of drug-likeness (QED) is 0.0552. The maximum absolute atomic E-state index is 11.8. The lowest BCUT2D eigenvalue weighted by molar-refractivity contribution is -0.177. The van der Waals surface area contributed by atoms with Crippen LogP contribution in [0.5, 0.6) is 0 Å². The molecule has 10 N–H and O–H groups in total. The Morgan fingerprint density at radius 3 is 1.29 bits per heavy atom. The minimum atomic E-state index is -1.69. The Morgan fingerprint density at radius 2 is 0.971 bits per heavy atom. The number of ether oxygens (including phenoxy) is 2. The van der Waals surface area contributed by atoms with Crippen molar-refractivity contribution in [3.8, 4) is 0 Å². The molecule has 0 rings (SSSR count). The molecular formula is C20H36N6O8. The van der Waals surface area contributed by atoms with Gasteiger partial charge in [0.1, 0.15) is 0 Å². The second kappa shape index (κ2) is 18.5. The van der Waals surface area contributed by atoms with Gasteiger partial charge >= 0.3 is 23.9 Å². The van der Waals surface area contributed by atoms with Gasteiger partial charge < -0.3 is 43.0 Å². The summed E-state index contributed by atoms with van der Waals surface area (Å²) in [6, 6.07) is -1.52. The van der Waals surface area contributed by atoms with Gasteiger partial charge in [0.2, 0.25) is 11.8 Å². The summed E-state index contributed by atoms with van der Waals surface area (Å²) in [6.07, 6.45) is 2.85. The molecule has 34 heavy (non-hydrogen) atoms. The number of nitrogens with two attached hydrogens (primary N) is 4. The number of hydrogen-bond donors (Lipinski definition) is 6. The minimum absolute atomic E-state index is 0.169. The zero-order valence-corrected chi connectivity index (χ0v) is 19.2. The molecule has 0 aromatic heterocycles. The van der Waals surface area contributed by atoms with E-state index in [1.807, 2.05) is 0 Å². The highest BCUT2D eigenvalue weighted by Gasteiger charge is 2.24. The molecule has 0 spiro atoms. The van der Waals surface area contributed by atoms with E-state index in [1.54, 1.807) is 0 Å². The van der Waals surface area contributed by atoms with Gasteiger partial charge in [-0.1, -0.05) is 12.8 Å². The number of carbonyl (C=O) groups excluding carboxylic acids is 6. The number of unbranched alkanes of at least 4 members (excludes halogenated alkanes) is 2. The number of amides is 2. The molecule has 194 valence electrons. The van der Waals surface area contributed by atoms with Crippen LogP contribution in [0.15, 0.2) is 0 Å². The molecule has 0 aromatic carbocycles. The van der Waals surface area contributed by atoms with Crippen molar-refractivity contribution < 1.29 is 38.2 Å². The average Bonchev–Trinajstić information content (AvgIpc) is 2.78. The van der Waals surface area contributed by atoms with Crippen molar-refractivity contribution >= 4 is 35.7 Å². The molecule has 14 nitrogen and oxygen atoms in total. The molecule has 0 bridgehead atoms. The van der Waals surface area contributed by atoms with E-state index in [1.165, 1.54) is 0 Å². The number of hydrogen-bond acceptors (Lipinski definition) is 12. The summed E-state index contributed by atoms with van der Waals surface area (Å²) in [7, 11) is 0. The lowest BCUT2D eigenvalue weighted by Gasteiger charge is -2.11. The predicted molar refractivity (Wildman–Crippen MR) is 119 cm³/mol. The average molecular weight is 489 g/mol. The highest BCUT2D eigenvalue weighted by Crippen LogP contribution is 1.99. The molecule has 0 fully saturated rings. The summed E-state index contributed by atoms with van der Waals surface area (Å²) in [6.45, 7) is 0.641. The largest absolute Gasteiger partial charge is 0.425 e. The Balaban J connectivity index is 4.10. The van der Waals surface area contributed by atoms with Crippen LogP contribution in [0, 0.1) is 0 Å². The molecule has 0 saturated heterocycles. The van der Waals surface area contributed by atoms with Gasteiger partial charge in [-0.15, -0.1) is 0 Å². The summed E-state index contributed by atoms with van der Waals surface area (Å²) in [5.41, 5.74) is 22.1. The summed E-state index contributed by atoms with van der Waals surface area (Å²) in [4.78, 5) is 69.9. The van der Waals surface area contributed by atoms with E-state index in [-0.39, 0.29) is 13.1 Å². The third kappa shape index (κ3) is 15.0. The standard InChI is InChI=1S/C20H36N6O8/c21-9-3-1-5-13(23)17(29)25-11-7-15(27)33-19(31)20(32)34-16(28)8-12-26-18(30)14(24)6-2-4-10-22/h13-14H,1-12,21-24H2,(H,25,29)(H,26,30)/t13-,14-/m0/s1. The topological polar surface area (TPSA) is 249 Å². The van der Waals surface area contributed by atoms with Gasteiger partial charge in [-0.3, -0.25) is 19.2 Å². The van der Waals surface area contributed by atoms with Gasteiger partial charge in [-0.25, -0.2) is 9.59 Å². The Bertz CT molecular complexity index is 645. The summed E-state index contributed by atoms with van der Waals surface area (Å²) < 4.78 is 8.52. The van der Waals surface area contributed by atoms with Crippen molar-refractivity contribution in [3.63, 3.8) is 0 Å². The van der Waals surface area contributed by atoms with Crippen molar-refractivity contribution in [2.75, 3.05) is 26.2 Å². The molecule has 0 aliphatic rings. The molecule has 0 heterocycles. The Morgan fingerprint density at radius 1 is 0.618 bits per heavy atom. The maximum atomic E-state index is 11.8. The van der Waals surface area contributed by atoms with Gasteiger partial charge in [-0.2, -0.15) is 0 Å². The highest BCUT2D eigenvalue weighted by atomic mass is 16.6. The van der Waals surface area contributed by atoms with E-state index < -0.39 is 60.6 Å². The fraction of sp³-hybridized carbons (Fsp3) is 0.700. The van der Waals surface area contributed by atoms with Crippen LogP contribution in [0.25, 0.3) is 0 Å². The third-order valence-electron chi connectivity index (χ3n) is 4.45. The van der Waals surface area contributed by atoms with Gasteiger partial charge in [-0.05, 0) is 38.8 Å². The van der Waals surface area contributed by atoms with Crippen molar-refractivity contribution in [2.45, 2.75) is 63.5 Å². The Labute approximate surface area is 197 Å². The van der Waals surface area contributed by atoms with Crippen molar-refractivity contribution in [1.29, 1.82) is 0 Å². The number of rotatable bonds is 16. The first-order valence-electron chi connectivity index (χ1n) is 11.1. The summed E-state index contributed by atoms with van der Waals surface area (Å²) in [5, 5.41) is 4.81. The number of esters is 4. The monoisotopic (exact) mass is 488 g/mol. The molecule has 0 unspecified atom stereocenters. The molecule has 2 amide bonds. The summed E-state index contributed by atoms with van der Waals surface area (Å²) >= 11 is 0. The van der Waals surface area contributed by atoms with Crippen LogP contribution < -0.4 is 33.6 Å². The van der Waals surface area contributed by atoms with Crippen LogP contribution >= 0.6 is 0 Å². The SMILES string of the molecule is NCCCC[C@H](N)C(=O)NCCC(=O)OC(=O)C(=O)OC(=O)CCNC(=O)[C@@H](N)CCCCN. The molecular weight excluding hydrogens is 452 g/mol. The van der Waals surface area contributed by atoms with Crippen molar-refractivity contribution in [2.24, 2.45) is 22.9 Å². The van der Waals surface area contributed by atoms with Gasteiger partial charge in [0.25, 0.3) is 0 Å². The number of nitrogens with one attached hydrogen (secondary N) is 2. The predicted octanol–water partition coefficient (Wildman–Crippen LogP) is -2.95. The second-order valence-electron chi connectivity index (χ2n) is 7.39. The highest BCUT2D eigenvalue weighted by molar-refractivity contribution is 6.33. The first-order valence-corrected chi connectivity index (χ1v) is 11.1. The van der Waals surface area contributed by atoms with Crippen LogP contribution in [0.2, 0.25) is 0 Å². The Kier molecular flexibility index (Phi) is 16.9. The fourth-order valence-corrected chi connectivity index (χ4v) is 2.51. The van der Waals surface area contributed by atoms with Crippen molar-refractivity contribution in [3.05, 3.63) is 0 Å². The first-order chi connectivity index (χ1) is 16.1. The molecule has 14 heteroatoms. The van der Waals surface area contributed by atoms with Crippen LogP contribution in [0.3, 0.4) is 0 Å². The van der Waals surface area contributed by atoms with Crippen LogP contribution in [-0.2, 0) is 38.2 Å². The van der Waals surface area contributed by atoms with Crippen LogP contribution in [0.1, 0.15) is 51.4 Å². The number of carbonyl (C=O) groups is 6. The van der Waals surface area contributed by atoms with Gasteiger partial charge in [0.15, 0.2) is 0 Å². The van der Waals surface area contributed by atoms with Crippen LogP contribution in [0.4, 0.5) is 0 Å². The Hall–Kier alpha value is -2.94. The molecule has 0 aliphatic carbocycles. The smallest absolute Gasteiger partial charge is 0.384 e. The first kappa shape index (κ1) is 31.1. The molecule has 0 radical (unpaired) electrons. The lowest BCUT2D eigenvalue weighted by Crippen LogP contribution is -2.41. The zero-order valence-electron chi connectivity index (χ0n) is 19.2. The van der Waals surface area contributed by atoms with E-state index in [4.69, 9.17) is 22.9 Å². The molecule has 0 aromatic rings. The van der Waals surface area contributed by atoms with E-state index in [0.717, 1.165) is 12.8 Å². The molecule has 2 atom stereocenters. The van der Waals surface area contributed by atoms with Crippen molar-refractivity contribution in [1.82, 2.24) is 10.6 Å². The molecule has 0 saturated carbocycles. The molecule has 0 aliphatic heterocycles. The minimum Gasteiger partial charge on any atom is -0.384 e. The maximum Gasteiger partial charge on any atom is 0.425 e. The van der Waals surface area contributed by atoms with Gasteiger partial charge in [0.05, 0.1) is 24.9 Å². The van der Waals surface area contributed by atoms with Gasteiger partial charge in [0, 0.05) is 13.1 Å². The lowest BCUT2D eigenvalue weighted by atomic mass is 10.1.